The fraction of sp³-hybridized carbons (Fsp3) is 0.429. The van der Waals surface area contributed by atoms with E-state index in [1.54, 1.807) is 34.6 Å². The van der Waals surface area contributed by atoms with Gasteiger partial charge in [-0.1, -0.05) is 39.8 Å². The van der Waals surface area contributed by atoms with E-state index >= 15 is 0 Å². The van der Waals surface area contributed by atoms with Crippen molar-refractivity contribution in [1.82, 2.24) is 49.9 Å². The summed E-state index contributed by atoms with van der Waals surface area (Å²) in [4.78, 5) is 81.1. The summed E-state index contributed by atoms with van der Waals surface area (Å²) in [6, 6.07) is 10.0. The molecule has 0 spiro atoms. The topological polar surface area (TPSA) is 203 Å². The summed E-state index contributed by atoms with van der Waals surface area (Å²) in [6.45, 7) is 8.61. The average molecular weight is 791 g/mol. The molecule has 2 aliphatic rings. The van der Waals surface area contributed by atoms with Crippen LogP contribution in [-0.4, -0.2) is 113 Å². The largest absolute Gasteiger partial charge is 0.465 e. The minimum Gasteiger partial charge on any atom is -0.465 e. The zero-order valence-corrected chi connectivity index (χ0v) is 33.6. The van der Waals surface area contributed by atoms with Crippen molar-refractivity contribution in [3.05, 3.63) is 72.8 Å². The minimum atomic E-state index is -1.13. The zero-order chi connectivity index (χ0) is 41.2. The molecule has 58 heavy (non-hydrogen) atoms. The number of ether oxygens (including phenoxy) is 1. The van der Waals surface area contributed by atoms with Crippen molar-refractivity contribution in [2.75, 3.05) is 27.2 Å². The number of rotatable bonds is 11. The maximum absolute atomic E-state index is 13.6. The zero-order valence-electron chi connectivity index (χ0n) is 33.6. The first-order valence-corrected chi connectivity index (χ1v) is 19.7. The number of nitrogens with one attached hydrogen (secondary N) is 3. The smallest absolute Gasteiger partial charge is 0.407 e. The summed E-state index contributed by atoms with van der Waals surface area (Å²) >= 11 is 0. The number of aromatic nitrogens is 6. The van der Waals surface area contributed by atoms with E-state index in [0.29, 0.717) is 24.7 Å². The van der Waals surface area contributed by atoms with E-state index in [4.69, 9.17) is 14.7 Å². The first-order valence-electron chi connectivity index (χ1n) is 19.7. The number of aromatic amines is 2. The fourth-order valence-electron chi connectivity index (χ4n) is 8.15. The quantitative estimate of drug-likeness (QED) is 0.116. The number of amides is 4. The number of methoxy groups -OCH3 is 1. The van der Waals surface area contributed by atoms with Gasteiger partial charge < -0.3 is 34.9 Å². The van der Waals surface area contributed by atoms with Crippen LogP contribution < -0.4 is 5.32 Å². The fourth-order valence-corrected chi connectivity index (χ4v) is 8.15. The number of pyridine rings is 2. The molecular weight excluding hydrogens is 741 g/mol. The number of H-pyrrole nitrogens is 2. The molecule has 4 N–H and O–H groups in total. The van der Waals surface area contributed by atoms with Crippen LogP contribution in [0.25, 0.3) is 44.7 Å². The van der Waals surface area contributed by atoms with E-state index in [0.717, 1.165) is 75.3 Å². The van der Waals surface area contributed by atoms with Crippen LogP contribution in [0.3, 0.4) is 0 Å². The van der Waals surface area contributed by atoms with Crippen molar-refractivity contribution in [3.63, 3.8) is 0 Å². The molecule has 0 aliphatic carbocycles. The maximum Gasteiger partial charge on any atom is 0.407 e. The van der Waals surface area contributed by atoms with Gasteiger partial charge in [0.15, 0.2) is 0 Å². The number of imidazole rings is 2. The molecule has 4 atom stereocenters. The van der Waals surface area contributed by atoms with Crippen molar-refractivity contribution in [3.8, 4) is 33.8 Å². The second-order valence-electron chi connectivity index (χ2n) is 15.7. The van der Waals surface area contributed by atoms with E-state index < -0.39 is 24.3 Å². The molecule has 5 aromatic rings. The molecule has 16 heteroatoms. The summed E-state index contributed by atoms with van der Waals surface area (Å²) in [7, 11) is 2.72. The van der Waals surface area contributed by atoms with E-state index in [9.17, 15) is 24.3 Å². The lowest BCUT2D eigenvalue weighted by atomic mass is 10.0. The van der Waals surface area contributed by atoms with Crippen molar-refractivity contribution in [1.29, 1.82) is 0 Å². The van der Waals surface area contributed by atoms with Crippen LogP contribution >= 0.6 is 0 Å². The van der Waals surface area contributed by atoms with Crippen molar-refractivity contribution >= 4 is 34.9 Å². The monoisotopic (exact) mass is 790 g/mol. The molecular formula is C42H50N10O6. The number of likely N-dealkylation sites (tertiary alicyclic amines) is 2. The molecule has 2 saturated heterocycles. The highest BCUT2D eigenvalue weighted by atomic mass is 16.5. The van der Waals surface area contributed by atoms with Crippen LogP contribution in [0, 0.1) is 11.8 Å². The Morgan fingerprint density at radius 3 is 1.95 bits per heavy atom. The van der Waals surface area contributed by atoms with Gasteiger partial charge in [-0.25, -0.2) is 19.6 Å². The Morgan fingerprint density at radius 2 is 1.38 bits per heavy atom. The van der Waals surface area contributed by atoms with Crippen LogP contribution in [-0.2, 0) is 14.3 Å². The molecule has 0 bridgehead atoms. The van der Waals surface area contributed by atoms with Gasteiger partial charge >= 0.3 is 12.2 Å². The van der Waals surface area contributed by atoms with Crippen LogP contribution in [0.15, 0.2) is 61.2 Å². The van der Waals surface area contributed by atoms with Crippen molar-refractivity contribution in [2.45, 2.75) is 77.5 Å². The van der Waals surface area contributed by atoms with Gasteiger partial charge in [0.2, 0.25) is 11.8 Å². The average Bonchev–Trinajstić information content (AvgIpc) is 4.06. The summed E-state index contributed by atoms with van der Waals surface area (Å²) in [5.41, 5.74) is 5.76. The van der Waals surface area contributed by atoms with Gasteiger partial charge in [0.1, 0.15) is 23.7 Å². The summed E-state index contributed by atoms with van der Waals surface area (Å²) < 4.78 is 4.75. The first kappa shape index (κ1) is 39.9. The molecule has 16 nitrogen and oxygen atoms in total. The predicted octanol–water partition coefficient (Wildman–Crippen LogP) is 6.42. The number of alkyl carbamates (subject to hydrolysis) is 1. The number of fused-ring (bicyclic) bond motifs is 1. The highest BCUT2D eigenvalue weighted by Gasteiger charge is 2.40. The lowest BCUT2D eigenvalue weighted by molar-refractivity contribution is -0.138. The third-order valence-corrected chi connectivity index (χ3v) is 11.3. The lowest BCUT2D eigenvalue weighted by Gasteiger charge is -2.33. The standard InChI is InChI=1S/C42H50N10O6/c1-23(2)35(49-41(55)58-6)39(53)51-15-7-9-33(51)37-46-22-32(48-37)28-17-25-11-12-26(18-30(25)44-20-28)29-14-13-27(19-43-29)31-21-45-38(47-31)34-10-8-16-52(34)40(54)36(24(3)4)50(5)42(56)57/h11-14,17-24,33-36H,7-10,15-16H2,1-6H3,(H,45,47)(H,46,48)(H,49,55)(H,56,57)/t33-,34-,35-,36-/m0/s1. The molecule has 1 aromatic carbocycles. The molecule has 0 radical (unpaired) electrons. The number of benzene rings is 1. The summed E-state index contributed by atoms with van der Waals surface area (Å²) in [5.74, 6) is 0.680. The molecule has 0 saturated carbocycles. The van der Waals surface area contributed by atoms with Crippen LogP contribution in [0.4, 0.5) is 9.59 Å². The Bertz CT molecular complexity index is 2300. The second-order valence-corrected chi connectivity index (χ2v) is 15.7. The molecule has 2 fully saturated rings. The maximum atomic E-state index is 13.6. The Kier molecular flexibility index (Phi) is 11.5. The highest BCUT2D eigenvalue weighted by Crippen LogP contribution is 2.35. The Hall–Kier alpha value is -6.32. The lowest BCUT2D eigenvalue weighted by Crippen LogP contribution is -2.51. The Balaban J connectivity index is 1.03. The number of carbonyl (C=O) groups excluding carboxylic acids is 3. The number of likely N-dealkylation sites (N-methyl/N-ethyl adjacent to an activating group) is 1. The van der Waals surface area contributed by atoms with Crippen LogP contribution in [0.5, 0.6) is 0 Å². The van der Waals surface area contributed by atoms with Gasteiger partial charge in [-0.3, -0.25) is 24.5 Å². The molecule has 4 amide bonds. The van der Waals surface area contributed by atoms with Gasteiger partial charge in [0.05, 0.1) is 54.2 Å². The minimum absolute atomic E-state index is 0.120. The molecule has 0 unspecified atom stereocenters. The molecule has 4 aromatic heterocycles. The first-order chi connectivity index (χ1) is 27.8. The highest BCUT2D eigenvalue weighted by molar-refractivity contribution is 5.88. The summed E-state index contributed by atoms with van der Waals surface area (Å²) in [5, 5.41) is 13.2. The second kappa shape index (κ2) is 16.6. The van der Waals surface area contributed by atoms with E-state index in [1.807, 2.05) is 58.0 Å². The van der Waals surface area contributed by atoms with Gasteiger partial charge in [-0.05, 0) is 61.8 Å². The molecule has 2 aliphatic heterocycles. The SMILES string of the molecule is COC(=O)N[C@H](C(=O)N1CCC[C@H]1c1ncc(-c2cnc3cc(-c4ccc(-c5cnc([C@@H]6CCCN6C(=O)[C@H](C(C)C)N(C)C(=O)O)[nH]5)cn4)ccc3c2)[nH]1)C(C)C. The number of hydrogen-bond donors (Lipinski definition) is 4. The van der Waals surface area contributed by atoms with Crippen LogP contribution in [0.1, 0.15) is 77.1 Å². The molecule has 304 valence electrons. The van der Waals surface area contributed by atoms with E-state index in [1.165, 1.54) is 14.2 Å². The molecule has 7 rings (SSSR count). The Morgan fingerprint density at radius 1 is 0.776 bits per heavy atom. The van der Waals surface area contributed by atoms with Gasteiger partial charge in [-0.2, -0.15) is 0 Å². The number of hydrogen-bond acceptors (Lipinski definition) is 9. The number of nitrogens with zero attached hydrogens (tertiary/aromatic N) is 7. The van der Waals surface area contributed by atoms with Gasteiger partial charge in [0, 0.05) is 54.6 Å². The van der Waals surface area contributed by atoms with E-state index in [-0.39, 0.29) is 35.7 Å². The Labute approximate surface area is 336 Å². The van der Waals surface area contributed by atoms with Gasteiger partial charge in [0.25, 0.3) is 0 Å². The predicted molar refractivity (Wildman–Crippen MR) is 216 cm³/mol. The normalized spacial score (nSPS) is 17.9. The van der Waals surface area contributed by atoms with Crippen molar-refractivity contribution in [2.24, 2.45) is 11.8 Å². The van der Waals surface area contributed by atoms with Crippen LogP contribution in [0.2, 0.25) is 0 Å². The third-order valence-electron chi connectivity index (χ3n) is 11.3. The van der Waals surface area contributed by atoms with E-state index in [2.05, 4.69) is 31.3 Å². The summed E-state index contributed by atoms with van der Waals surface area (Å²) in [6.07, 6.45) is 8.45. The number of carboxylic acid groups (broad SMARTS) is 1. The van der Waals surface area contributed by atoms with Crippen molar-refractivity contribution < 1.29 is 29.0 Å². The van der Waals surface area contributed by atoms with Gasteiger partial charge in [-0.15, -0.1) is 0 Å². The number of carbonyl (C=O) groups is 4. The third kappa shape index (κ3) is 7.95. The molecule has 6 heterocycles.